The maximum absolute atomic E-state index is 12.3. The zero-order valence-electron chi connectivity index (χ0n) is 20.8. The summed E-state index contributed by atoms with van der Waals surface area (Å²) in [5.41, 5.74) is 3.22. The maximum atomic E-state index is 12.3. The first-order chi connectivity index (χ1) is 15.8. The average molecular weight is 451 g/mol. The number of quaternary nitrogens is 1. The predicted molar refractivity (Wildman–Crippen MR) is 135 cm³/mol. The van der Waals surface area contributed by atoms with Crippen molar-refractivity contribution in [3.05, 3.63) is 72.3 Å². The van der Waals surface area contributed by atoms with Crippen molar-refractivity contribution in [2.75, 3.05) is 39.9 Å². The number of carbonyl (C=O) groups is 1. The highest BCUT2D eigenvalue weighted by atomic mass is 16.5. The zero-order chi connectivity index (χ0) is 23.8. The molecule has 0 amide bonds. The van der Waals surface area contributed by atoms with Gasteiger partial charge in [-0.3, -0.25) is 4.79 Å². The largest absolute Gasteiger partial charge is 0.488 e. The van der Waals surface area contributed by atoms with E-state index in [-0.39, 0.29) is 17.8 Å². The van der Waals surface area contributed by atoms with Crippen molar-refractivity contribution in [1.82, 2.24) is 0 Å². The van der Waals surface area contributed by atoms with Crippen LogP contribution in [0.25, 0.3) is 5.57 Å². The van der Waals surface area contributed by atoms with Crippen LogP contribution >= 0.6 is 0 Å². The molecule has 1 saturated heterocycles. The number of nitrogens with zero attached hydrogens (tertiary/aromatic N) is 1. The first kappa shape index (κ1) is 25.0. The van der Waals surface area contributed by atoms with E-state index in [2.05, 4.69) is 51.7 Å². The van der Waals surface area contributed by atoms with Gasteiger partial charge in [0.2, 0.25) is 0 Å². The van der Waals surface area contributed by atoms with E-state index in [9.17, 15) is 4.79 Å². The highest BCUT2D eigenvalue weighted by Gasteiger charge is 2.31. The molecule has 1 fully saturated rings. The van der Waals surface area contributed by atoms with Crippen LogP contribution in [0.3, 0.4) is 0 Å². The van der Waals surface area contributed by atoms with Crippen molar-refractivity contribution in [2.45, 2.75) is 39.5 Å². The van der Waals surface area contributed by atoms with E-state index < -0.39 is 0 Å². The second-order valence-corrected chi connectivity index (χ2v) is 9.86. The minimum Gasteiger partial charge on any atom is -0.488 e. The van der Waals surface area contributed by atoms with Crippen LogP contribution in [0.2, 0.25) is 0 Å². The van der Waals surface area contributed by atoms with Crippen LogP contribution in [0.4, 0.5) is 0 Å². The number of hydrogen-bond donors (Lipinski definition) is 0. The Balaban J connectivity index is 1.62. The Morgan fingerprint density at radius 1 is 1.15 bits per heavy atom. The summed E-state index contributed by atoms with van der Waals surface area (Å²) in [6, 6.07) is 18.4. The monoisotopic (exact) mass is 450 g/mol. The number of ether oxygens (including phenoxy) is 2. The van der Waals surface area contributed by atoms with Gasteiger partial charge in [-0.25, -0.2) is 0 Å². The molecule has 1 heterocycles. The van der Waals surface area contributed by atoms with Gasteiger partial charge in [0.05, 0.1) is 33.2 Å². The molecule has 0 bridgehead atoms. The summed E-state index contributed by atoms with van der Waals surface area (Å²) in [4.78, 5) is 12.3. The number of esters is 1. The van der Waals surface area contributed by atoms with Crippen LogP contribution in [-0.2, 0) is 9.53 Å². The molecule has 1 aliphatic rings. The topological polar surface area (TPSA) is 35.5 Å². The molecule has 0 radical (unpaired) electrons. The van der Waals surface area contributed by atoms with Crippen LogP contribution in [0, 0.1) is 11.8 Å². The molecule has 4 unspecified atom stereocenters. The first-order valence-electron chi connectivity index (χ1n) is 12.3. The second-order valence-electron chi connectivity index (χ2n) is 9.86. The molecule has 0 saturated carbocycles. The Hall–Kier alpha value is -2.59. The van der Waals surface area contributed by atoms with E-state index in [0.29, 0.717) is 13.0 Å². The van der Waals surface area contributed by atoms with Gasteiger partial charge in [0.25, 0.3) is 0 Å². The quantitative estimate of drug-likeness (QED) is 0.314. The van der Waals surface area contributed by atoms with Gasteiger partial charge in [0.1, 0.15) is 18.9 Å². The van der Waals surface area contributed by atoms with Crippen molar-refractivity contribution < 1.29 is 18.8 Å². The molecule has 1 aliphatic heterocycles. The second kappa shape index (κ2) is 11.5. The van der Waals surface area contributed by atoms with Crippen molar-refractivity contribution >= 4 is 11.5 Å². The Labute approximate surface area is 199 Å². The lowest BCUT2D eigenvalue weighted by molar-refractivity contribution is -0.899. The fourth-order valence-corrected chi connectivity index (χ4v) is 5.01. The molecule has 178 valence electrons. The summed E-state index contributed by atoms with van der Waals surface area (Å²) in [7, 11) is 2.33. The van der Waals surface area contributed by atoms with Gasteiger partial charge >= 0.3 is 5.97 Å². The molecular weight excluding hydrogens is 410 g/mol. The van der Waals surface area contributed by atoms with Gasteiger partial charge in [-0.05, 0) is 41.7 Å². The molecule has 2 aromatic carbocycles. The lowest BCUT2D eigenvalue weighted by Gasteiger charge is -2.29. The summed E-state index contributed by atoms with van der Waals surface area (Å²) < 4.78 is 12.4. The molecule has 33 heavy (non-hydrogen) atoms. The van der Waals surface area contributed by atoms with Crippen molar-refractivity contribution in [3.63, 3.8) is 0 Å². The SMILES string of the molecule is C=C(c1ccc(OCC[N+]2(C)CCC(C)C2)cc1)C(C)C(CC(=O)OCC)c1ccccc1. The molecule has 0 N–H and O–H groups in total. The molecule has 0 aliphatic carbocycles. The van der Waals surface area contributed by atoms with E-state index in [0.717, 1.165) is 46.0 Å². The van der Waals surface area contributed by atoms with Crippen molar-refractivity contribution in [1.29, 1.82) is 0 Å². The van der Waals surface area contributed by atoms with E-state index in [4.69, 9.17) is 9.47 Å². The van der Waals surface area contributed by atoms with E-state index in [1.807, 2.05) is 37.3 Å². The van der Waals surface area contributed by atoms with E-state index in [1.54, 1.807) is 0 Å². The highest BCUT2D eigenvalue weighted by molar-refractivity contribution is 5.73. The zero-order valence-corrected chi connectivity index (χ0v) is 20.8. The number of likely N-dealkylation sites (tertiary alicyclic amines) is 1. The maximum Gasteiger partial charge on any atom is 0.306 e. The third-order valence-electron chi connectivity index (χ3n) is 7.11. The first-order valence-corrected chi connectivity index (χ1v) is 12.3. The molecule has 4 nitrogen and oxygen atoms in total. The lowest BCUT2D eigenvalue weighted by Crippen LogP contribution is -2.44. The van der Waals surface area contributed by atoms with Gasteiger partial charge in [-0.2, -0.15) is 0 Å². The minimum absolute atomic E-state index is 0.0148. The summed E-state index contributed by atoms with van der Waals surface area (Å²) in [6.45, 7) is 15.4. The Morgan fingerprint density at radius 3 is 2.45 bits per heavy atom. The fraction of sp³-hybridized carbons (Fsp3) is 0.483. The fourth-order valence-electron chi connectivity index (χ4n) is 5.01. The van der Waals surface area contributed by atoms with Crippen LogP contribution in [0.5, 0.6) is 5.75 Å². The summed E-state index contributed by atoms with van der Waals surface area (Å²) >= 11 is 0. The number of carbonyl (C=O) groups excluding carboxylic acids is 1. The van der Waals surface area contributed by atoms with Gasteiger partial charge in [-0.1, -0.05) is 62.9 Å². The number of hydrogen-bond acceptors (Lipinski definition) is 3. The van der Waals surface area contributed by atoms with Crippen molar-refractivity contribution in [3.8, 4) is 5.75 Å². The van der Waals surface area contributed by atoms with Crippen LogP contribution in [0.15, 0.2) is 61.2 Å². The molecular formula is C29H40NO3+. The third-order valence-corrected chi connectivity index (χ3v) is 7.11. The lowest BCUT2D eigenvalue weighted by atomic mass is 9.79. The number of likely N-dealkylation sites (N-methyl/N-ethyl adjacent to an activating group) is 1. The van der Waals surface area contributed by atoms with Gasteiger partial charge in [-0.15, -0.1) is 0 Å². The molecule has 4 atom stereocenters. The summed E-state index contributed by atoms with van der Waals surface area (Å²) in [6.07, 6.45) is 1.65. The van der Waals surface area contributed by atoms with E-state index in [1.165, 1.54) is 19.5 Å². The van der Waals surface area contributed by atoms with Gasteiger partial charge < -0.3 is 14.0 Å². The predicted octanol–water partition coefficient (Wildman–Crippen LogP) is 5.94. The van der Waals surface area contributed by atoms with Gasteiger partial charge in [0, 0.05) is 18.3 Å². The highest BCUT2D eigenvalue weighted by Crippen LogP contribution is 2.37. The smallest absolute Gasteiger partial charge is 0.306 e. The standard InChI is InChI=1S/C29H40NO3/c1-6-32-29(31)20-28(26-10-8-7-9-11-26)24(4)23(3)25-12-14-27(15-13-25)33-19-18-30(5)17-16-22(2)21-30/h7-15,22,24,28H,3,6,16-21H2,1-2,4-5H3/q+1. The number of allylic oxidation sites excluding steroid dienone is 1. The molecule has 0 aromatic heterocycles. The molecule has 2 aromatic rings. The number of rotatable bonds is 11. The Morgan fingerprint density at radius 2 is 1.85 bits per heavy atom. The van der Waals surface area contributed by atoms with Crippen molar-refractivity contribution in [2.24, 2.45) is 11.8 Å². The van der Waals surface area contributed by atoms with Crippen LogP contribution in [0.1, 0.15) is 50.7 Å². The molecule has 0 spiro atoms. The van der Waals surface area contributed by atoms with E-state index >= 15 is 0 Å². The minimum atomic E-state index is -0.168. The summed E-state index contributed by atoms with van der Waals surface area (Å²) in [5, 5.41) is 0. The molecule has 4 heteroatoms. The summed E-state index contributed by atoms with van der Waals surface area (Å²) in [5.74, 6) is 1.64. The normalized spacial score (nSPS) is 21.9. The van der Waals surface area contributed by atoms with Crippen LogP contribution < -0.4 is 4.74 Å². The molecule has 3 rings (SSSR count). The Bertz CT molecular complexity index is 908. The van der Waals surface area contributed by atoms with Crippen LogP contribution in [-0.4, -0.2) is 50.3 Å². The Kier molecular flexibility index (Phi) is 8.74. The average Bonchev–Trinajstić information content (AvgIpc) is 3.16. The number of benzene rings is 2. The van der Waals surface area contributed by atoms with Gasteiger partial charge in [0.15, 0.2) is 0 Å². The third kappa shape index (κ3) is 6.94.